The molecule has 0 aromatic heterocycles. The Morgan fingerprint density at radius 1 is 1.14 bits per heavy atom. The predicted octanol–water partition coefficient (Wildman–Crippen LogP) is 2.63. The Balaban J connectivity index is 0.00000300. The van der Waals surface area contributed by atoms with Crippen molar-refractivity contribution in [3.63, 3.8) is 0 Å². The quantitative estimate of drug-likeness (QED) is 0.330. The van der Waals surface area contributed by atoms with Crippen LogP contribution in [0.3, 0.4) is 0 Å². The summed E-state index contributed by atoms with van der Waals surface area (Å²) in [6, 6.07) is 0. The Morgan fingerprint density at radius 2 is 1.83 bits per heavy atom. The number of aliphatic imine (C=N–C) groups is 1. The maximum absolute atomic E-state index is 12.5. The molecular formula is C21H39IN4O3. The van der Waals surface area contributed by atoms with Gasteiger partial charge in [-0.25, -0.2) is 0 Å². The zero-order chi connectivity index (χ0) is 19.8. The van der Waals surface area contributed by atoms with E-state index in [-0.39, 0.29) is 41.6 Å². The minimum absolute atomic E-state index is 0. The molecule has 3 fully saturated rings. The van der Waals surface area contributed by atoms with Crippen LogP contribution in [0.4, 0.5) is 0 Å². The van der Waals surface area contributed by atoms with Crippen molar-refractivity contribution in [3.05, 3.63) is 0 Å². The molecule has 2 saturated heterocycles. The van der Waals surface area contributed by atoms with E-state index in [2.05, 4.69) is 22.1 Å². The molecule has 0 radical (unpaired) electrons. The zero-order valence-electron chi connectivity index (χ0n) is 18.2. The second-order valence-electron chi connectivity index (χ2n) is 8.31. The Kier molecular flexibility index (Phi) is 10.5. The predicted molar refractivity (Wildman–Crippen MR) is 126 cm³/mol. The fraction of sp³-hybridized carbons (Fsp3) is 0.905. The van der Waals surface area contributed by atoms with Gasteiger partial charge in [0.05, 0.1) is 5.60 Å². The number of amides is 1. The molecule has 1 atom stereocenters. The summed E-state index contributed by atoms with van der Waals surface area (Å²) in [6.45, 7) is 7.60. The number of guanidine groups is 1. The topological polar surface area (TPSA) is 66.4 Å². The number of rotatable bonds is 6. The van der Waals surface area contributed by atoms with Crippen LogP contribution in [0.1, 0.15) is 58.3 Å². The first-order chi connectivity index (χ1) is 13.7. The zero-order valence-corrected chi connectivity index (χ0v) is 20.5. The standard InChI is InChI=1S/C21H38N4O3.HI/c1-3-15-28-21(9-5-4-6-10-21)17-23-20(22-2)25-13-11-24(12-14-25)19(26)18-8-7-16-27-18;/h18H,3-17H2,1-2H3,(H,22,23);1H. The van der Waals surface area contributed by atoms with E-state index in [1.165, 1.54) is 19.3 Å². The summed E-state index contributed by atoms with van der Waals surface area (Å²) in [6.07, 6.45) is 8.75. The lowest BCUT2D eigenvalue weighted by Crippen LogP contribution is -2.57. The van der Waals surface area contributed by atoms with Crippen LogP contribution < -0.4 is 5.32 Å². The highest BCUT2D eigenvalue weighted by Crippen LogP contribution is 2.31. The summed E-state index contributed by atoms with van der Waals surface area (Å²) in [5, 5.41) is 3.58. The van der Waals surface area contributed by atoms with Crippen LogP contribution in [0, 0.1) is 0 Å². The van der Waals surface area contributed by atoms with Crippen molar-refractivity contribution in [2.24, 2.45) is 4.99 Å². The van der Waals surface area contributed by atoms with E-state index in [9.17, 15) is 4.79 Å². The molecule has 3 aliphatic rings. The third-order valence-corrected chi connectivity index (χ3v) is 6.25. The molecule has 7 nitrogen and oxygen atoms in total. The first kappa shape index (κ1) is 24.7. The van der Waals surface area contributed by atoms with E-state index in [0.29, 0.717) is 0 Å². The van der Waals surface area contributed by atoms with Crippen LogP contribution in [0.15, 0.2) is 4.99 Å². The first-order valence-corrected chi connectivity index (χ1v) is 11.2. The van der Waals surface area contributed by atoms with E-state index < -0.39 is 0 Å². The highest BCUT2D eigenvalue weighted by molar-refractivity contribution is 14.0. The molecule has 0 bridgehead atoms. The van der Waals surface area contributed by atoms with E-state index in [1.54, 1.807) is 0 Å². The number of carbonyl (C=O) groups is 1. The molecule has 2 heterocycles. The van der Waals surface area contributed by atoms with Gasteiger partial charge in [0.1, 0.15) is 6.10 Å². The van der Waals surface area contributed by atoms with E-state index in [0.717, 1.165) is 84.0 Å². The van der Waals surface area contributed by atoms with Gasteiger partial charge in [0.15, 0.2) is 5.96 Å². The highest BCUT2D eigenvalue weighted by atomic mass is 127. The number of ether oxygens (including phenoxy) is 2. The molecule has 2 aliphatic heterocycles. The van der Waals surface area contributed by atoms with Crippen LogP contribution in [0.2, 0.25) is 0 Å². The van der Waals surface area contributed by atoms with Gasteiger partial charge in [0, 0.05) is 53.0 Å². The average Bonchev–Trinajstić information content (AvgIpc) is 3.28. The molecule has 29 heavy (non-hydrogen) atoms. The molecule has 0 aromatic rings. The second-order valence-corrected chi connectivity index (χ2v) is 8.31. The van der Waals surface area contributed by atoms with Crippen molar-refractivity contribution >= 4 is 35.8 Å². The molecule has 1 amide bonds. The smallest absolute Gasteiger partial charge is 0.251 e. The minimum Gasteiger partial charge on any atom is -0.373 e. The molecule has 1 unspecified atom stereocenters. The van der Waals surface area contributed by atoms with Crippen LogP contribution in [-0.2, 0) is 14.3 Å². The SMILES string of the molecule is CCCOC1(CNC(=NC)N2CCN(C(=O)C3CCCO3)CC2)CCCCC1.I. The number of halogens is 1. The lowest BCUT2D eigenvalue weighted by molar-refractivity contribution is -0.142. The van der Waals surface area contributed by atoms with Gasteiger partial charge in [-0.05, 0) is 32.1 Å². The number of nitrogens with one attached hydrogen (secondary N) is 1. The summed E-state index contributed by atoms with van der Waals surface area (Å²) in [5.74, 6) is 1.09. The van der Waals surface area contributed by atoms with Gasteiger partial charge in [0.2, 0.25) is 0 Å². The summed E-state index contributed by atoms with van der Waals surface area (Å²) < 4.78 is 11.9. The summed E-state index contributed by atoms with van der Waals surface area (Å²) >= 11 is 0. The lowest BCUT2D eigenvalue weighted by atomic mass is 9.84. The minimum atomic E-state index is -0.217. The number of hydrogen-bond donors (Lipinski definition) is 1. The van der Waals surface area contributed by atoms with Gasteiger partial charge in [0.25, 0.3) is 5.91 Å². The molecule has 0 spiro atoms. The average molecular weight is 522 g/mol. The van der Waals surface area contributed by atoms with Gasteiger partial charge in [-0.15, -0.1) is 24.0 Å². The van der Waals surface area contributed by atoms with Crippen LogP contribution in [-0.4, -0.2) is 86.4 Å². The Morgan fingerprint density at radius 3 is 2.41 bits per heavy atom. The highest BCUT2D eigenvalue weighted by Gasteiger charge is 2.34. The Bertz CT molecular complexity index is 526. The van der Waals surface area contributed by atoms with Gasteiger partial charge in [-0.3, -0.25) is 9.79 Å². The van der Waals surface area contributed by atoms with Gasteiger partial charge >= 0.3 is 0 Å². The van der Waals surface area contributed by atoms with E-state index in [4.69, 9.17) is 9.47 Å². The van der Waals surface area contributed by atoms with E-state index >= 15 is 0 Å². The van der Waals surface area contributed by atoms with Crippen LogP contribution in [0.25, 0.3) is 0 Å². The van der Waals surface area contributed by atoms with E-state index in [1.807, 2.05) is 11.9 Å². The lowest BCUT2D eigenvalue weighted by Gasteiger charge is -2.40. The molecule has 1 aliphatic carbocycles. The van der Waals surface area contributed by atoms with Gasteiger partial charge in [-0.2, -0.15) is 0 Å². The monoisotopic (exact) mass is 522 g/mol. The molecular weight excluding hydrogens is 483 g/mol. The molecule has 1 N–H and O–H groups in total. The maximum atomic E-state index is 12.5. The Hall–Kier alpha value is -0.610. The van der Waals surface area contributed by atoms with Crippen LogP contribution in [0.5, 0.6) is 0 Å². The third-order valence-electron chi connectivity index (χ3n) is 6.25. The second kappa shape index (κ2) is 12.3. The summed E-state index contributed by atoms with van der Waals surface area (Å²) in [5.41, 5.74) is -0.0538. The van der Waals surface area contributed by atoms with Gasteiger partial charge in [-0.1, -0.05) is 26.2 Å². The molecule has 0 aromatic carbocycles. The maximum Gasteiger partial charge on any atom is 0.251 e. The molecule has 168 valence electrons. The molecule has 3 rings (SSSR count). The summed E-state index contributed by atoms with van der Waals surface area (Å²) in [4.78, 5) is 21.3. The van der Waals surface area contributed by atoms with Crippen molar-refractivity contribution in [2.45, 2.75) is 70.0 Å². The van der Waals surface area contributed by atoms with Crippen LogP contribution >= 0.6 is 24.0 Å². The number of piperazine rings is 1. The van der Waals surface area contributed by atoms with Crippen molar-refractivity contribution in [2.75, 3.05) is 53.0 Å². The number of hydrogen-bond acceptors (Lipinski definition) is 4. The summed E-state index contributed by atoms with van der Waals surface area (Å²) in [7, 11) is 1.84. The fourth-order valence-electron chi connectivity index (χ4n) is 4.57. The normalized spacial score (nSPS) is 24.9. The number of carbonyl (C=O) groups excluding carboxylic acids is 1. The van der Waals surface area contributed by atoms with Crippen molar-refractivity contribution in [1.29, 1.82) is 0 Å². The molecule has 8 heteroatoms. The first-order valence-electron chi connectivity index (χ1n) is 11.2. The number of nitrogens with zero attached hydrogens (tertiary/aromatic N) is 3. The van der Waals surface area contributed by atoms with Crippen molar-refractivity contribution < 1.29 is 14.3 Å². The Labute approximate surface area is 193 Å². The van der Waals surface area contributed by atoms with Crippen molar-refractivity contribution in [3.8, 4) is 0 Å². The van der Waals surface area contributed by atoms with Gasteiger partial charge < -0.3 is 24.6 Å². The van der Waals surface area contributed by atoms with Crippen molar-refractivity contribution in [1.82, 2.24) is 15.1 Å². The third kappa shape index (κ3) is 6.69. The largest absolute Gasteiger partial charge is 0.373 e. The fourth-order valence-corrected chi connectivity index (χ4v) is 4.57. The molecule has 1 saturated carbocycles.